The number of carbonyl (C=O) groups is 1. The molecule has 1 unspecified atom stereocenters. The van der Waals surface area contributed by atoms with Gasteiger partial charge in [-0.15, -0.1) is 0 Å². The predicted molar refractivity (Wildman–Crippen MR) is 87.2 cm³/mol. The molecule has 22 heavy (non-hydrogen) atoms. The average Bonchev–Trinajstić information content (AvgIpc) is 2.56. The molecule has 2 N–H and O–H groups in total. The van der Waals surface area contributed by atoms with Gasteiger partial charge in [-0.05, 0) is 57.5 Å². The molecule has 2 aliphatic heterocycles. The van der Waals surface area contributed by atoms with E-state index < -0.39 is 5.41 Å². The maximum Gasteiger partial charge on any atom is 0.229 e. The van der Waals surface area contributed by atoms with Crippen molar-refractivity contribution >= 4 is 17.8 Å². The fourth-order valence-electron chi connectivity index (χ4n) is 3.42. The first kappa shape index (κ1) is 14.9. The second-order valence-corrected chi connectivity index (χ2v) is 6.28. The summed E-state index contributed by atoms with van der Waals surface area (Å²) in [6.07, 6.45) is 9.96. The molecule has 0 aromatic carbocycles. The highest BCUT2D eigenvalue weighted by Crippen LogP contribution is 2.40. The molecule has 1 aromatic heterocycles. The molecule has 0 spiro atoms. The number of aliphatic imine (C=N–C) groups is 1. The topological polar surface area (TPSA) is 71.6 Å². The lowest BCUT2D eigenvalue weighted by Gasteiger charge is -2.40. The number of hydrogen-bond acceptors (Lipinski definition) is 4. The van der Waals surface area contributed by atoms with Gasteiger partial charge in [0.15, 0.2) is 0 Å². The Morgan fingerprint density at radius 1 is 1.41 bits per heavy atom. The van der Waals surface area contributed by atoms with E-state index in [1.165, 1.54) is 0 Å². The minimum Gasteiger partial charge on any atom is -0.369 e. The zero-order valence-electron chi connectivity index (χ0n) is 12.9. The van der Waals surface area contributed by atoms with Crippen LogP contribution < -0.4 is 5.73 Å². The van der Waals surface area contributed by atoms with Gasteiger partial charge in [-0.25, -0.2) is 0 Å². The third kappa shape index (κ3) is 2.68. The summed E-state index contributed by atoms with van der Waals surface area (Å²) in [5.41, 5.74) is 6.98. The summed E-state index contributed by atoms with van der Waals surface area (Å²) < 4.78 is 0. The highest BCUT2D eigenvalue weighted by molar-refractivity contribution is 6.00. The number of hydrogen-bond donors (Lipinski definition) is 1. The van der Waals surface area contributed by atoms with E-state index in [4.69, 9.17) is 5.73 Å². The molecule has 5 nitrogen and oxygen atoms in total. The van der Waals surface area contributed by atoms with Crippen LogP contribution in [-0.4, -0.2) is 42.1 Å². The number of piperidine rings is 1. The van der Waals surface area contributed by atoms with Gasteiger partial charge in [0.05, 0.1) is 11.1 Å². The molecule has 3 heterocycles. The van der Waals surface area contributed by atoms with Gasteiger partial charge in [-0.3, -0.25) is 14.8 Å². The maximum atomic E-state index is 12.2. The monoisotopic (exact) mass is 298 g/mol. The number of rotatable bonds is 3. The lowest BCUT2D eigenvalue weighted by atomic mass is 9.68. The van der Waals surface area contributed by atoms with Gasteiger partial charge in [-0.2, -0.15) is 0 Å². The molecule has 3 rings (SSSR count). The second kappa shape index (κ2) is 6.01. The molecular weight excluding hydrogens is 276 g/mol. The Labute approximate surface area is 130 Å². The maximum absolute atomic E-state index is 12.2. The minimum atomic E-state index is -0.632. The van der Waals surface area contributed by atoms with Crippen molar-refractivity contribution in [2.24, 2.45) is 22.1 Å². The molecule has 0 bridgehead atoms. The number of nitrogens with two attached hydrogens (primary N) is 1. The molecule has 1 atom stereocenters. The van der Waals surface area contributed by atoms with E-state index in [1.54, 1.807) is 18.6 Å². The molecule has 2 aliphatic rings. The van der Waals surface area contributed by atoms with E-state index >= 15 is 0 Å². The van der Waals surface area contributed by atoms with Gasteiger partial charge in [0.1, 0.15) is 0 Å². The van der Waals surface area contributed by atoms with Gasteiger partial charge in [0.2, 0.25) is 5.91 Å². The smallest absolute Gasteiger partial charge is 0.229 e. The van der Waals surface area contributed by atoms with Crippen LogP contribution in [0.4, 0.5) is 0 Å². The van der Waals surface area contributed by atoms with E-state index in [0.717, 1.165) is 37.2 Å². The minimum absolute atomic E-state index is 0.257. The summed E-state index contributed by atoms with van der Waals surface area (Å²) >= 11 is 0. The number of primary amides is 1. The van der Waals surface area contributed by atoms with Gasteiger partial charge in [0, 0.05) is 24.2 Å². The van der Waals surface area contributed by atoms with Crippen LogP contribution in [0.5, 0.6) is 0 Å². The standard InChI is InChI=1S/C17H22N4O/c1-21-9-5-14(6-10-21)17(16(18)22)7-4-15(20-12-17)13-3-2-8-19-11-13/h2-4,8,11-12,14H,5-7,9-10H2,1H3,(H2,18,22). The Hall–Kier alpha value is -2.01. The van der Waals surface area contributed by atoms with Crippen LogP contribution in [0, 0.1) is 11.3 Å². The van der Waals surface area contributed by atoms with Gasteiger partial charge in [0.25, 0.3) is 0 Å². The number of amides is 1. The number of aromatic nitrogens is 1. The van der Waals surface area contributed by atoms with Crippen molar-refractivity contribution < 1.29 is 4.79 Å². The highest BCUT2D eigenvalue weighted by atomic mass is 16.1. The predicted octanol–water partition coefficient (Wildman–Crippen LogP) is 1.71. The summed E-state index contributed by atoms with van der Waals surface area (Å²) in [4.78, 5) is 23.1. The molecule has 1 aromatic rings. The summed E-state index contributed by atoms with van der Waals surface area (Å²) in [5.74, 6) is 0.0175. The van der Waals surface area contributed by atoms with Crippen molar-refractivity contribution in [3.8, 4) is 0 Å². The van der Waals surface area contributed by atoms with Crippen molar-refractivity contribution in [1.29, 1.82) is 0 Å². The van der Waals surface area contributed by atoms with Crippen LogP contribution >= 0.6 is 0 Å². The first-order chi connectivity index (χ1) is 10.6. The number of nitrogens with zero attached hydrogens (tertiary/aromatic N) is 3. The van der Waals surface area contributed by atoms with Crippen LogP contribution in [0.1, 0.15) is 24.8 Å². The van der Waals surface area contributed by atoms with Crippen molar-refractivity contribution in [3.63, 3.8) is 0 Å². The molecule has 1 amide bonds. The number of carbonyl (C=O) groups excluding carboxylic acids is 1. The third-order valence-electron chi connectivity index (χ3n) is 4.93. The SMILES string of the molecule is CN1CCC(C2(C(N)=O)C=NC(c3cccnc3)=CC2)CC1. The van der Waals surface area contributed by atoms with Gasteiger partial charge < -0.3 is 10.6 Å². The van der Waals surface area contributed by atoms with E-state index in [1.807, 2.05) is 18.2 Å². The molecule has 0 aliphatic carbocycles. The fraction of sp³-hybridized carbons (Fsp3) is 0.471. The summed E-state index contributed by atoms with van der Waals surface area (Å²) in [5, 5.41) is 0. The van der Waals surface area contributed by atoms with Gasteiger partial charge in [-0.1, -0.05) is 6.08 Å². The molecule has 1 fully saturated rings. The third-order valence-corrected chi connectivity index (χ3v) is 4.93. The quantitative estimate of drug-likeness (QED) is 0.923. The first-order valence-electron chi connectivity index (χ1n) is 7.76. The normalized spacial score (nSPS) is 26.7. The zero-order chi connectivity index (χ0) is 15.6. The Bertz CT molecular complexity index is 602. The molecule has 0 saturated carbocycles. The van der Waals surface area contributed by atoms with Crippen LogP contribution in [0.15, 0.2) is 35.6 Å². The van der Waals surface area contributed by atoms with E-state index in [9.17, 15) is 4.79 Å². The Balaban J connectivity index is 1.82. The highest BCUT2D eigenvalue weighted by Gasteiger charge is 2.44. The van der Waals surface area contributed by atoms with Crippen LogP contribution in [0.3, 0.4) is 0 Å². The van der Waals surface area contributed by atoms with Crippen molar-refractivity contribution in [2.75, 3.05) is 20.1 Å². The average molecular weight is 298 g/mol. The lowest BCUT2D eigenvalue weighted by molar-refractivity contribution is -0.127. The van der Waals surface area contributed by atoms with Gasteiger partial charge >= 0.3 is 0 Å². The number of likely N-dealkylation sites (tertiary alicyclic amines) is 1. The largest absolute Gasteiger partial charge is 0.369 e. The van der Waals surface area contributed by atoms with Crippen molar-refractivity contribution in [1.82, 2.24) is 9.88 Å². The molecule has 116 valence electrons. The molecular formula is C17H22N4O. The molecule has 0 radical (unpaired) electrons. The second-order valence-electron chi connectivity index (χ2n) is 6.28. The Morgan fingerprint density at radius 2 is 2.18 bits per heavy atom. The Morgan fingerprint density at radius 3 is 2.73 bits per heavy atom. The van der Waals surface area contributed by atoms with Crippen LogP contribution in [-0.2, 0) is 4.79 Å². The van der Waals surface area contributed by atoms with E-state index in [-0.39, 0.29) is 11.8 Å². The van der Waals surface area contributed by atoms with Crippen molar-refractivity contribution in [2.45, 2.75) is 19.3 Å². The van der Waals surface area contributed by atoms with Crippen molar-refractivity contribution in [3.05, 3.63) is 36.2 Å². The number of allylic oxidation sites excluding steroid dienone is 1. The number of pyridine rings is 1. The van der Waals surface area contributed by atoms with Crippen LogP contribution in [0.2, 0.25) is 0 Å². The zero-order valence-corrected chi connectivity index (χ0v) is 12.9. The molecule has 5 heteroatoms. The fourth-order valence-corrected chi connectivity index (χ4v) is 3.42. The van der Waals surface area contributed by atoms with E-state index in [2.05, 4.69) is 21.9 Å². The lowest BCUT2D eigenvalue weighted by Crippen LogP contribution is -2.48. The molecule has 1 saturated heterocycles. The summed E-state index contributed by atoms with van der Waals surface area (Å²) in [6, 6.07) is 3.86. The Kier molecular flexibility index (Phi) is 4.07. The van der Waals surface area contributed by atoms with E-state index in [0.29, 0.717) is 6.42 Å². The summed E-state index contributed by atoms with van der Waals surface area (Å²) in [6.45, 7) is 2.01. The summed E-state index contributed by atoms with van der Waals surface area (Å²) in [7, 11) is 2.11. The first-order valence-corrected chi connectivity index (χ1v) is 7.76. The van der Waals surface area contributed by atoms with Crippen LogP contribution in [0.25, 0.3) is 5.70 Å².